The van der Waals surface area contributed by atoms with Gasteiger partial charge in [0.1, 0.15) is 0 Å². The maximum Gasteiger partial charge on any atom is 0.160 e. The lowest BCUT2D eigenvalue weighted by molar-refractivity contribution is 1.17. The van der Waals surface area contributed by atoms with Crippen LogP contribution in [0.4, 0.5) is 0 Å². The Kier molecular flexibility index (Phi) is 7.33. The largest absolute Gasteiger partial charge is 0.309 e. The maximum atomic E-state index is 5.26. The van der Waals surface area contributed by atoms with Crippen LogP contribution in [0.3, 0.4) is 0 Å². The number of hydrogen-bond acceptors (Lipinski definition) is 3. The Labute approximate surface area is 305 Å². The highest BCUT2D eigenvalue weighted by molar-refractivity contribution is 7.22. The second-order valence-corrected chi connectivity index (χ2v) is 14.1. The number of rotatable bonds is 6. The molecule has 0 fully saturated rings. The molecule has 0 bridgehead atoms. The van der Waals surface area contributed by atoms with E-state index < -0.39 is 0 Å². The first-order chi connectivity index (χ1) is 25.7. The summed E-state index contributed by atoms with van der Waals surface area (Å²) in [5.74, 6) is 0.699. The highest BCUT2D eigenvalue weighted by Crippen LogP contribution is 2.37. The fourth-order valence-electron chi connectivity index (χ4n) is 7.26. The quantitative estimate of drug-likeness (QED) is 0.175. The van der Waals surface area contributed by atoms with Crippen LogP contribution in [0.5, 0.6) is 0 Å². The predicted octanol–water partition coefficient (Wildman–Crippen LogP) is 13.1. The second kappa shape index (κ2) is 12.6. The highest BCUT2D eigenvalue weighted by atomic mass is 32.1. The van der Waals surface area contributed by atoms with Crippen LogP contribution in [0.15, 0.2) is 188 Å². The van der Waals surface area contributed by atoms with Crippen LogP contribution in [0.25, 0.3) is 93.0 Å². The van der Waals surface area contributed by atoms with Gasteiger partial charge in [0.15, 0.2) is 5.82 Å². The van der Waals surface area contributed by atoms with E-state index in [0.29, 0.717) is 5.82 Å². The molecular weight excluding hydrogens is 651 g/mol. The zero-order chi connectivity index (χ0) is 34.4. The summed E-state index contributed by atoms with van der Waals surface area (Å²) in [6.45, 7) is 0. The van der Waals surface area contributed by atoms with Crippen LogP contribution in [0.2, 0.25) is 0 Å². The molecule has 52 heavy (non-hydrogen) atoms. The Balaban J connectivity index is 1.13. The van der Waals surface area contributed by atoms with Crippen molar-refractivity contribution in [2.24, 2.45) is 0 Å². The number of aromatic nitrogens is 3. The molecule has 0 N–H and O–H groups in total. The van der Waals surface area contributed by atoms with Gasteiger partial charge in [-0.25, -0.2) is 9.97 Å². The average Bonchev–Trinajstić information content (AvgIpc) is 3.81. The summed E-state index contributed by atoms with van der Waals surface area (Å²) < 4.78 is 3.64. The highest BCUT2D eigenvalue weighted by Gasteiger charge is 2.16. The predicted molar refractivity (Wildman–Crippen MR) is 219 cm³/mol. The summed E-state index contributed by atoms with van der Waals surface area (Å²) in [7, 11) is 0. The Morgan fingerprint density at radius 1 is 0.385 bits per heavy atom. The van der Waals surface area contributed by atoms with E-state index in [1.165, 1.54) is 42.4 Å². The SMILES string of the molecule is c1ccc(-c2cccc(-c3cc(-c4ccc(-c5cc6ccccc6s5)cc4)nc(-c4ccc5c(c4)c4ccccc4n5-c4ccccc4)n3)c2)cc1. The van der Waals surface area contributed by atoms with Gasteiger partial charge in [0.05, 0.1) is 22.4 Å². The normalized spacial score (nSPS) is 11.5. The number of thiophene rings is 1. The first-order valence-electron chi connectivity index (χ1n) is 17.5. The van der Waals surface area contributed by atoms with Gasteiger partial charge in [-0.05, 0) is 82.7 Å². The molecule has 0 unspecified atom stereocenters. The van der Waals surface area contributed by atoms with E-state index in [0.717, 1.165) is 44.8 Å². The summed E-state index contributed by atoms with van der Waals surface area (Å²) in [5, 5.41) is 3.65. The summed E-state index contributed by atoms with van der Waals surface area (Å²) >= 11 is 1.83. The molecule has 244 valence electrons. The van der Waals surface area contributed by atoms with Crippen LogP contribution in [-0.2, 0) is 0 Å². The smallest absolute Gasteiger partial charge is 0.160 e. The lowest BCUT2D eigenvalue weighted by Gasteiger charge is -2.12. The van der Waals surface area contributed by atoms with Crippen molar-refractivity contribution < 1.29 is 0 Å². The van der Waals surface area contributed by atoms with Gasteiger partial charge in [-0.1, -0.05) is 127 Å². The molecule has 0 aliphatic carbocycles. The minimum atomic E-state index is 0.699. The molecule has 0 aliphatic rings. The van der Waals surface area contributed by atoms with Crippen molar-refractivity contribution in [1.29, 1.82) is 0 Å². The fourth-order valence-corrected chi connectivity index (χ4v) is 8.33. The number of para-hydroxylation sites is 2. The molecule has 0 saturated carbocycles. The molecule has 3 heterocycles. The van der Waals surface area contributed by atoms with E-state index >= 15 is 0 Å². The van der Waals surface area contributed by atoms with Crippen LogP contribution < -0.4 is 0 Å². The molecule has 10 aromatic rings. The Bertz CT molecular complexity index is 2850. The summed E-state index contributed by atoms with van der Waals surface area (Å²) in [5.41, 5.74) is 11.9. The van der Waals surface area contributed by atoms with Gasteiger partial charge in [0.2, 0.25) is 0 Å². The van der Waals surface area contributed by atoms with Gasteiger partial charge >= 0.3 is 0 Å². The van der Waals surface area contributed by atoms with Gasteiger partial charge in [-0.15, -0.1) is 11.3 Å². The Morgan fingerprint density at radius 3 is 1.85 bits per heavy atom. The molecule has 0 atom stereocenters. The molecule has 0 radical (unpaired) electrons. The zero-order valence-electron chi connectivity index (χ0n) is 28.1. The molecule has 10 rings (SSSR count). The molecule has 3 aromatic heterocycles. The van der Waals surface area contributed by atoms with E-state index in [-0.39, 0.29) is 0 Å². The van der Waals surface area contributed by atoms with E-state index in [4.69, 9.17) is 9.97 Å². The molecule has 0 spiro atoms. The van der Waals surface area contributed by atoms with Crippen LogP contribution in [-0.4, -0.2) is 14.5 Å². The molecule has 7 aromatic carbocycles. The van der Waals surface area contributed by atoms with Crippen molar-refractivity contribution >= 4 is 43.2 Å². The number of hydrogen-bond donors (Lipinski definition) is 0. The molecule has 0 saturated heterocycles. The maximum absolute atomic E-state index is 5.26. The van der Waals surface area contributed by atoms with Crippen molar-refractivity contribution in [3.8, 4) is 61.2 Å². The zero-order valence-corrected chi connectivity index (χ0v) is 29.0. The van der Waals surface area contributed by atoms with Gasteiger partial charge in [0.25, 0.3) is 0 Å². The standard InChI is InChI=1S/C48H31N3S/c1-3-12-32(13-4-1)35-15-11-16-36(28-35)43-31-42(33-22-24-34(25-23-33)47-30-37-14-7-10-21-46(37)52-47)49-48(50-43)38-26-27-45-41(29-38)40-19-8-9-20-44(40)51(45)39-17-5-2-6-18-39/h1-31H. The van der Waals surface area contributed by atoms with Crippen LogP contribution in [0, 0.1) is 0 Å². The first kappa shape index (κ1) is 30.2. The van der Waals surface area contributed by atoms with E-state index in [9.17, 15) is 0 Å². The van der Waals surface area contributed by atoms with E-state index in [1.54, 1.807) is 0 Å². The first-order valence-corrected chi connectivity index (χ1v) is 18.3. The van der Waals surface area contributed by atoms with Crippen molar-refractivity contribution in [2.45, 2.75) is 0 Å². The number of fused-ring (bicyclic) bond motifs is 4. The fraction of sp³-hybridized carbons (Fsp3) is 0. The third-order valence-electron chi connectivity index (χ3n) is 9.83. The van der Waals surface area contributed by atoms with Gasteiger partial charge in [0, 0.05) is 42.7 Å². The average molecular weight is 682 g/mol. The Hall–Kier alpha value is -6.62. The topological polar surface area (TPSA) is 30.7 Å². The van der Waals surface area contributed by atoms with Crippen molar-refractivity contribution in [3.05, 3.63) is 188 Å². The van der Waals surface area contributed by atoms with Crippen molar-refractivity contribution in [2.75, 3.05) is 0 Å². The third kappa shape index (κ3) is 5.38. The monoisotopic (exact) mass is 681 g/mol. The molecule has 0 aliphatic heterocycles. The number of benzene rings is 7. The van der Waals surface area contributed by atoms with Crippen LogP contribution >= 0.6 is 11.3 Å². The third-order valence-corrected chi connectivity index (χ3v) is 11.0. The second-order valence-electron chi connectivity index (χ2n) is 13.1. The molecule has 3 nitrogen and oxygen atoms in total. The van der Waals surface area contributed by atoms with E-state index in [2.05, 4.69) is 193 Å². The minimum absolute atomic E-state index is 0.699. The summed E-state index contributed by atoms with van der Waals surface area (Å²) in [6, 6.07) is 66.7. The molecule has 0 amide bonds. The minimum Gasteiger partial charge on any atom is -0.309 e. The van der Waals surface area contributed by atoms with Gasteiger partial charge in [-0.2, -0.15) is 0 Å². The van der Waals surface area contributed by atoms with E-state index in [1.807, 2.05) is 11.3 Å². The summed E-state index contributed by atoms with van der Waals surface area (Å²) in [4.78, 5) is 11.8. The molecular formula is C48H31N3S. The Morgan fingerprint density at radius 2 is 1.02 bits per heavy atom. The van der Waals surface area contributed by atoms with Crippen LogP contribution in [0.1, 0.15) is 0 Å². The lowest BCUT2D eigenvalue weighted by Crippen LogP contribution is -1.97. The van der Waals surface area contributed by atoms with Crippen molar-refractivity contribution in [1.82, 2.24) is 14.5 Å². The lowest BCUT2D eigenvalue weighted by atomic mass is 10.00. The van der Waals surface area contributed by atoms with Gasteiger partial charge < -0.3 is 4.57 Å². The van der Waals surface area contributed by atoms with Gasteiger partial charge in [-0.3, -0.25) is 0 Å². The number of nitrogens with zero attached hydrogens (tertiary/aromatic N) is 3. The van der Waals surface area contributed by atoms with Crippen molar-refractivity contribution in [3.63, 3.8) is 0 Å². The summed E-state index contributed by atoms with van der Waals surface area (Å²) in [6.07, 6.45) is 0. The molecule has 4 heteroatoms.